The zero-order valence-electron chi connectivity index (χ0n) is 20.7. The Morgan fingerprint density at radius 3 is 2.85 bits per heavy atom. The molecule has 3 aromatic heterocycles. The maximum atomic E-state index is 14.5. The molecule has 15 heteroatoms. The van der Waals surface area contributed by atoms with E-state index < -0.39 is 29.3 Å². The number of aromatic nitrogens is 5. The SMILES string of the molecule is CC(O)(C(=O)Nc1cc(F)c2c(N)noc2c1)C1OCCN(c2ccn(-c3cnnc(N4CCC4)c3)n2)C1=O. The number of morpholine rings is 1. The summed E-state index contributed by atoms with van der Waals surface area (Å²) >= 11 is 0. The van der Waals surface area contributed by atoms with Crippen molar-refractivity contribution in [2.24, 2.45) is 0 Å². The van der Waals surface area contributed by atoms with Crippen LogP contribution < -0.4 is 20.9 Å². The number of nitrogens with one attached hydrogen (secondary N) is 1. The van der Waals surface area contributed by atoms with Gasteiger partial charge in [-0.15, -0.1) is 10.2 Å². The summed E-state index contributed by atoms with van der Waals surface area (Å²) < 4.78 is 26.5. The number of anilines is 4. The van der Waals surface area contributed by atoms with Crippen molar-refractivity contribution >= 4 is 45.9 Å². The van der Waals surface area contributed by atoms with Gasteiger partial charge in [-0.2, -0.15) is 5.10 Å². The number of fused-ring (bicyclic) bond motifs is 1. The van der Waals surface area contributed by atoms with Gasteiger partial charge in [0.1, 0.15) is 11.2 Å². The summed E-state index contributed by atoms with van der Waals surface area (Å²) in [5.74, 6) is -1.50. The molecule has 0 radical (unpaired) electrons. The molecule has 0 spiro atoms. The molecule has 6 rings (SSSR count). The van der Waals surface area contributed by atoms with E-state index in [9.17, 15) is 19.1 Å². The normalized spacial score (nSPS) is 19.2. The molecule has 2 fully saturated rings. The van der Waals surface area contributed by atoms with Crippen LogP contribution in [0.25, 0.3) is 16.7 Å². The Kier molecular flexibility index (Phi) is 5.88. The number of benzene rings is 1. The van der Waals surface area contributed by atoms with Gasteiger partial charge in [-0.1, -0.05) is 5.16 Å². The van der Waals surface area contributed by atoms with Gasteiger partial charge in [-0.05, 0) is 19.4 Å². The molecule has 0 saturated carbocycles. The van der Waals surface area contributed by atoms with Gasteiger partial charge in [-0.25, -0.2) is 9.07 Å². The first-order valence-corrected chi connectivity index (χ1v) is 12.2. The molecule has 39 heavy (non-hydrogen) atoms. The van der Waals surface area contributed by atoms with Gasteiger partial charge in [0, 0.05) is 43.2 Å². The van der Waals surface area contributed by atoms with Gasteiger partial charge in [0.25, 0.3) is 11.8 Å². The van der Waals surface area contributed by atoms with E-state index in [1.54, 1.807) is 23.1 Å². The van der Waals surface area contributed by atoms with Crippen molar-refractivity contribution in [3.8, 4) is 5.69 Å². The van der Waals surface area contributed by atoms with E-state index in [0.717, 1.165) is 38.3 Å². The predicted octanol–water partition coefficient (Wildman–Crippen LogP) is 0.856. The summed E-state index contributed by atoms with van der Waals surface area (Å²) in [7, 11) is 0. The van der Waals surface area contributed by atoms with Crippen LogP contribution in [0.5, 0.6) is 0 Å². The Balaban J connectivity index is 1.19. The van der Waals surface area contributed by atoms with Gasteiger partial charge in [-0.3, -0.25) is 14.5 Å². The topological polar surface area (TPSA) is 178 Å². The number of nitrogens with zero attached hydrogens (tertiary/aromatic N) is 7. The Labute approximate surface area is 220 Å². The van der Waals surface area contributed by atoms with E-state index in [2.05, 4.69) is 30.7 Å². The highest BCUT2D eigenvalue weighted by atomic mass is 19.1. The third-order valence-corrected chi connectivity index (χ3v) is 6.79. The summed E-state index contributed by atoms with van der Waals surface area (Å²) in [4.78, 5) is 29.8. The maximum Gasteiger partial charge on any atom is 0.260 e. The Bertz CT molecular complexity index is 1580. The van der Waals surface area contributed by atoms with Crippen molar-refractivity contribution in [2.75, 3.05) is 47.1 Å². The number of carbonyl (C=O) groups excluding carboxylic acids is 2. The number of hydrogen-bond donors (Lipinski definition) is 3. The van der Waals surface area contributed by atoms with Gasteiger partial charge in [0.15, 0.2) is 34.7 Å². The summed E-state index contributed by atoms with van der Waals surface area (Å²) in [6.45, 7) is 3.18. The molecule has 4 N–H and O–H groups in total. The van der Waals surface area contributed by atoms with Crippen LogP contribution >= 0.6 is 0 Å². The number of halogens is 1. The fourth-order valence-corrected chi connectivity index (χ4v) is 4.48. The Morgan fingerprint density at radius 1 is 1.26 bits per heavy atom. The van der Waals surface area contributed by atoms with Crippen molar-refractivity contribution in [1.82, 2.24) is 25.1 Å². The largest absolute Gasteiger partial charge is 0.380 e. The second kappa shape index (κ2) is 9.28. The monoisotopic (exact) mass is 537 g/mol. The second-order valence-electron chi connectivity index (χ2n) is 9.47. The molecular weight excluding hydrogens is 513 g/mol. The fourth-order valence-electron chi connectivity index (χ4n) is 4.48. The minimum atomic E-state index is -2.31. The molecule has 5 heterocycles. The van der Waals surface area contributed by atoms with Crippen molar-refractivity contribution in [1.29, 1.82) is 0 Å². The van der Waals surface area contributed by atoms with Gasteiger partial charge < -0.3 is 30.3 Å². The van der Waals surface area contributed by atoms with E-state index in [1.165, 1.54) is 11.0 Å². The maximum absolute atomic E-state index is 14.5. The van der Waals surface area contributed by atoms with Gasteiger partial charge in [0.2, 0.25) is 0 Å². The molecule has 0 bridgehead atoms. The predicted molar refractivity (Wildman–Crippen MR) is 136 cm³/mol. The van der Waals surface area contributed by atoms with Crippen LogP contribution in [0.4, 0.5) is 27.5 Å². The number of amides is 2. The summed E-state index contributed by atoms with van der Waals surface area (Å²) in [6, 6.07) is 5.81. The van der Waals surface area contributed by atoms with Crippen molar-refractivity contribution < 1.29 is 28.3 Å². The van der Waals surface area contributed by atoms with Crippen molar-refractivity contribution in [3.63, 3.8) is 0 Å². The van der Waals surface area contributed by atoms with E-state index >= 15 is 0 Å². The molecule has 2 saturated heterocycles. The molecule has 0 aliphatic carbocycles. The standard InChI is InChI=1S/C24H24FN9O5/c1-24(37,23(36)28-13-9-15(25)19-16(10-13)39-31-21(19)26)20-22(35)33(7-8-38-20)17-3-6-34(30-17)14-11-18(29-27-12-14)32-4-2-5-32/h3,6,9-12,20,37H,2,4-5,7-8H2,1H3,(H2,26,31)(H,28,36). The minimum Gasteiger partial charge on any atom is -0.380 e. The molecule has 14 nitrogen and oxygen atoms in total. The van der Waals surface area contributed by atoms with E-state index in [1.807, 2.05) is 6.07 Å². The Morgan fingerprint density at radius 2 is 2.08 bits per heavy atom. The van der Waals surface area contributed by atoms with Crippen LogP contribution in [-0.4, -0.2) is 80.0 Å². The van der Waals surface area contributed by atoms with Crippen LogP contribution in [0.1, 0.15) is 13.3 Å². The quantitative estimate of drug-likeness (QED) is 0.318. The number of aliphatic hydroxyl groups is 1. The van der Waals surface area contributed by atoms with Crippen molar-refractivity contribution in [2.45, 2.75) is 25.0 Å². The van der Waals surface area contributed by atoms with E-state index in [4.69, 9.17) is 15.0 Å². The van der Waals surface area contributed by atoms with E-state index in [0.29, 0.717) is 11.5 Å². The molecule has 2 aliphatic rings. The fraction of sp³-hybridized carbons (Fsp3) is 0.333. The molecule has 1 aromatic carbocycles. The molecule has 202 valence electrons. The Hall–Kier alpha value is -4.63. The lowest BCUT2D eigenvalue weighted by molar-refractivity contribution is -0.165. The summed E-state index contributed by atoms with van der Waals surface area (Å²) in [6.07, 6.45) is 2.79. The highest BCUT2D eigenvalue weighted by Crippen LogP contribution is 2.29. The number of hydrogen-bond acceptors (Lipinski definition) is 11. The average Bonchev–Trinajstić information content (AvgIpc) is 3.51. The van der Waals surface area contributed by atoms with Crippen LogP contribution in [-0.2, 0) is 14.3 Å². The average molecular weight is 538 g/mol. The first-order valence-electron chi connectivity index (χ1n) is 12.2. The highest BCUT2D eigenvalue weighted by Gasteiger charge is 2.49. The lowest BCUT2D eigenvalue weighted by atomic mass is 9.95. The first-order chi connectivity index (χ1) is 18.7. The van der Waals surface area contributed by atoms with Crippen LogP contribution in [0.3, 0.4) is 0 Å². The lowest BCUT2D eigenvalue weighted by Gasteiger charge is -2.37. The number of rotatable bonds is 6. The third-order valence-electron chi connectivity index (χ3n) is 6.79. The van der Waals surface area contributed by atoms with Crippen molar-refractivity contribution in [3.05, 3.63) is 42.5 Å². The first kappa shape index (κ1) is 24.7. The van der Waals surface area contributed by atoms with Crippen LogP contribution in [0.15, 0.2) is 41.2 Å². The zero-order chi connectivity index (χ0) is 27.3. The number of carbonyl (C=O) groups is 2. The van der Waals surface area contributed by atoms with Crippen LogP contribution in [0.2, 0.25) is 0 Å². The number of ether oxygens (including phenoxy) is 1. The van der Waals surface area contributed by atoms with E-state index in [-0.39, 0.29) is 35.6 Å². The summed E-state index contributed by atoms with van der Waals surface area (Å²) in [5.41, 5.74) is 3.92. The highest BCUT2D eigenvalue weighted by molar-refractivity contribution is 6.06. The smallest absolute Gasteiger partial charge is 0.260 e. The number of nitrogen functional groups attached to an aromatic ring is 1. The summed E-state index contributed by atoms with van der Waals surface area (Å²) in [5, 5.41) is 29.7. The third kappa shape index (κ3) is 4.30. The van der Waals surface area contributed by atoms with Gasteiger partial charge >= 0.3 is 0 Å². The molecule has 2 unspecified atom stereocenters. The zero-order valence-corrected chi connectivity index (χ0v) is 20.7. The molecular formula is C24H24FN9O5. The molecule has 2 amide bonds. The molecule has 2 aliphatic heterocycles. The van der Waals surface area contributed by atoms with Gasteiger partial charge in [0.05, 0.1) is 25.0 Å². The second-order valence-corrected chi connectivity index (χ2v) is 9.47. The minimum absolute atomic E-state index is 0.00981. The number of nitrogens with two attached hydrogens (primary N) is 1. The molecule has 4 aromatic rings. The molecule has 2 atom stereocenters. The van der Waals surface area contributed by atoms with Crippen LogP contribution in [0, 0.1) is 5.82 Å². The lowest BCUT2D eigenvalue weighted by Crippen LogP contribution is -2.61.